The summed E-state index contributed by atoms with van der Waals surface area (Å²) in [7, 11) is 1.91. The Labute approximate surface area is 266 Å². The molecule has 0 amide bonds. The van der Waals surface area contributed by atoms with Gasteiger partial charge in [-0.25, -0.2) is 13.8 Å². The summed E-state index contributed by atoms with van der Waals surface area (Å²) >= 11 is 3.27. The van der Waals surface area contributed by atoms with Crippen molar-refractivity contribution in [2.75, 3.05) is 84.8 Å². The number of hydrogen-bond donors (Lipinski definition) is 1. The SMILES string of the molecule is C=C(/C=C(\C)SC)OCCOCCF.CNc1ccc(-c2cn3c(n2)sc2cc(OCCOCCOCCF)ccc23)cc1. The molecule has 0 atom stereocenters. The highest BCUT2D eigenvalue weighted by atomic mass is 32.2. The van der Waals surface area contributed by atoms with Crippen molar-refractivity contribution in [3.05, 3.63) is 72.0 Å². The van der Waals surface area contributed by atoms with Gasteiger partial charge in [-0.3, -0.25) is 4.40 Å². The highest BCUT2D eigenvalue weighted by Crippen LogP contribution is 2.32. The average molecular weight is 650 g/mol. The number of hydrogen-bond acceptors (Lipinski definition) is 9. The Morgan fingerprint density at radius 2 is 1.61 bits per heavy atom. The average Bonchev–Trinajstić information content (AvgIpc) is 3.60. The molecule has 0 unspecified atom stereocenters. The van der Waals surface area contributed by atoms with E-state index in [9.17, 15) is 8.78 Å². The fourth-order valence-corrected chi connectivity index (χ4v) is 5.11. The molecule has 4 rings (SSSR count). The molecular formula is C32H41F2N3O5S2. The lowest BCUT2D eigenvalue weighted by Crippen LogP contribution is -2.11. The zero-order chi connectivity index (χ0) is 31.6. The summed E-state index contributed by atoms with van der Waals surface area (Å²) in [5, 5.41) is 3.13. The van der Waals surface area contributed by atoms with Gasteiger partial charge in [0.05, 0.1) is 55.6 Å². The van der Waals surface area contributed by atoms with Crippen LogP contribution >= 0.6 is 23.1 Å². The van der Waals surface area contributed by atoms with Gasteiger partial charge in [0.15, 0.2) is 4.96 Å². The molecule has 1 N–H and O–H groups in total. The van der Waals surface area contributed by atoms with E-state index in [1.54, 1.807) is 23.1 Å². The van der Waals surface area contributed by atoms with E-state index in [1.165, 1.54) is 0 Å². The van der Waals surface area contributed by atoms with Crippen LogP contribution in [0, 0.1) is 0 Å². The predicted molar refractivity (Wildman–Crippen MR) is 178 cm³/mol. The normalized spacial score (nSPS) is 11.4. The van der Waals surface area contributed by atoms with Crippen LogP contribution in [-0.2, 0) is 18.9 Å². The number of imidazole rings is 1. The van der Waals surface area contributed by atoms with Gasteiger partial charge in [-0.1, -0.05) is 30.0 Å². The van der Waals surface area contributed by atoms with E-state index in [0.29, 0.717) is 45.4 Å². The van der Waals surface area contributed by atoms with Crippen molar-refractivity contribution >= 4 is 44.0 Å². The maximum Gasteiger partial charge on any atom is 0.195 e. The van der Waals surface area contributed by atoms with Crippen molar-refractivity contribution in [1.82, 2.24) is 9.38 Å². The summed E-state index contributed by atoms with van der Waals surface area (Å²) in [6, 6.07) is 14.3. The van der Waals surface area contributed by atoms with Crippen LogP contribution in [0.1, 0.15) is 6.92 Å². The highest BCUT2D eigenvalue weighted by Gasteiger charge is 2.11. The van der Waals surface area contributed by atoms with Crippen LogP contribution in [0.3, 0.4) is 0 Å². The van der Waals surface area contributed by atoms with E-state index < -0.39 is 13.3 Å². The van der Waals surface area contributed by atoms with Crippen LogP contribution in [0.15, 0.2) is 72.0 Å². The van der Waals surface area contributed by atoms with Crippen molar-refractivity contribution in [2.45, 2.75) is 6.92 Å². The topological polar surface area (TPSA) is 75.5 Å². The van der Waals surface area contributed by atoms with Gasteiger partial charge in [-0.05, 0) is 54.5 Å². The molecule has 0 aliphatic heterocycles. The third-order valence-electron chi connectivity index (χ3n) is 6.05. The summed E-state index contributed by atoms with van der Waals surface area (Å²) in [4.78, 5) is 6.88. The Hall–Kier alpha value is -3.16. The molecule has 0 spiro atoms. The monoisotopic (exact) mass is 649 g/mol. The summed E-state index contributed by atoms with van der Waals surface area (Å²) in [5.41, 5.74) is 4.23. The first-order valence-corrected chi connectivity index (χ1v) is 16.2. The molecule has 0 saturated carbocycles. The maximum absolute atomic E-state index is 11.9. The molecule has 0 aliphatic carbocycles. The Kier molecular flexibility index (Phi) is 16.0. The number of alkyl halides is 2. The van der Waals surface area contributed by atoms with Crippen LogP contribution in [0.4, 0.5) is 14.5 Å². The molecule has 4 aromatic rings. The second-order valence-electron chi connectivity index (χ2n) is 9.18. The summed E-state index contributed by atoms with van der Waals surface area (Å²) in [6.07, 6.45) is 5.92. The molecule has 12 heteroatoms. The minimum atomic E-state index is -0.468. The number of halogens is 2. The number of allylic oxidation sites excluding steroid dienone is 2. The third-order valence-corrected chi connectivity index (χ3v) is 7.83. The number of anilines is 1. The Balaban J connectivity index is 0.000000321. The lowest BCUT2D eigenvalue weighted by Gasteiger charge is -2.07. The van der Waals surface area contributed by atoms with E-state index in [1.807, 2.05) is 50.6 Å². The number of thiazole rings is 1. The first-order chi connectivity index (χ1) is 21.5. The van der Waals surface area contributed by atoms with Crippen molar-refractivity contribution in [2.24, 2.45) is 0 Å². The minimum absolute atomic E-state index is 0.119. The summed E-state index contributed by atoms with van der Waals surface area (Å²) < 4.78 is 53.1. The molecule has 0 aliphatic rings. The number of thioether (sulfide) groups is 1. The lowest BCUT2D eigenvalue weighted by molar-refractivity contribution is 0.0325. The fraction of sp³-hybridized carbons (Fsp3) is 0.406. The molecule has 0 bridgehead atoms. The van der Waals surface area contributed by atoms with Crippen LogP contribution in [-0.4, -0.2) is 88.9 Å². The predicted octanol–water partition coefficient (Wildman–Crippen LogP) is 7.41. The first-order valence-electron chi connectivity index (χ1n) is 14.2. The fourth-order valence-electron chi connectivity index (χ4n) is 3.83. The van der Waals surface area contributed by atoms with Gasteiger partial charge in [-0.2, -0.15) is 0 Å². The van der Waals surface area contributed by atoms with Gasteiger partial charge in [0, 0.05) is 24.5 Å². The van der Waals surface area contributed by atoms with Crippen LogP contribution < -0.4 is 10.1 Å². The van der Waals surface area contributed by atoms with Gasteiger partial charge < -0.3 is 29.0 Å². The van der Waals surface area contributed by atoms with Crippen LogP contribution in [0.5, 0.6) is 5.75 Å². The number of nitrogens with one attached hydrogen (secondary N) is 1. The van der Waals surface area contributed by atoms with Gasteiger partial charge in [0.2, 0.25) is 0 Å². The molecular weight excluding hydrogens is 608 g/mol. The van der Waals surface area contributed by atoms with E-state index in [-0.39, 0.29) is 13.2 Å². The lowest BCUT2D eigenvalue weighted by atomic mass is 10.1. The molecule has 240 valence electrons. The van der Waals surface area contributed by atoms with Crippen molar-refractivity contribution in [3.63, 3.8) is 0 Å². The van der Waals surface area contributed by atoms with E-state index in [4.69, 9.17) is 28.7 Å². The van der Waals surface area contributed by atoms with Crippen LogP contribution in [0.25, 0.3) is 26.4 Å². The van der Waals surface area contributed by atoms with E-state index in [2.05, 4.69) is 40.7 Å². The standard InChI is InChI=1S/C22H24FN3O3S.C10H17FO2S/c1-24-17-4-2-16(3-5-17)19-15-26-20-7-6-18(14-21(20)30-22(26)25-19)29-13-12-28-11-10-27-9-8-23;1-9(8-10(2)14-3)13-7-6-12-5-4-11/h2-7,14-15,24H,8-13H2,1H3;8H,1,4-7H2,2-3H3/b;10-8+. The van der Waals surface area contributed by atoms with Gasteiger partial charge >= 0.3 is 0 Å². The van der Waals surface area contributed by atoms with Crippen molar-refractivity contribution < 1.29 is 32.5 Å². The van der Waals surface area contributed by atoms with Gasteiger partial charge in [-0.15, -0.1) is 11.8 Å². The number of fused-ring (bicyclic) bond motifs is 3. The molecule has 0 fully saturated rings. The molecule has 8 nitrogen and oxygen atoms in total. The smallest absolute Gasteiger partial charge is 0.195 e. The Bertz CT molecular complexity index is 1440. The molecule has 0 saturated heterocycles. The molecule has 2 aromatic carbocycles. The van der Waals surface area contributed by atoms with E-state index in [0.717, 1.165) is 42.8 Å². The number of rotatable bonds is 19. The molecule has 2 aromatic heterocycles. The Morgan fingerprint density at radius 3 is 2.27 bits per heavy atom. The molecule has 2 heterocycles. The molecule has 0 radical (unpaired) electrons. The third kappa shape index (κ3) is 11.7. The molecule has 44 heavy (non-hydrogen) atoms. The first kappa shape index (κ1) is 35.3. The zero-order valence-corrected chi connectivity index (χ0v) is 27.1. The maximum atomic E-state index is 11.9. The quantitative estimate of drug-likeness (QED) is 0.0640. The summed E-state index contributed by atoms with van der Waals surface area (Å²) in [5.74, 6) is 1.41. The van der Waals surface area contributed by atoms with Gasteiger partial charge in [0.25, 0.3) is 0 Å². The van der Waals surface area contributed by atoms with Crippen molar-refractivity contribution in [1.29, 1.82) is 0 Å². The number of benzene rings is 2. The number of nitrogens with zero attached hydrogens (tertiary/aromatic N) is 2. The minimum Gasteiger partial charge on any atom is -0.492 e. The second-order valence-corrected chi connectivity index (χ2v) is 11.2. The van der Waals surface area contributed by atoms with Crippen LogP contribution in [0.2, 0.25) is 0 Å². The van der Waals surface area contributed by atoms with Gasteiger partial charge in [0.1, 0.15) is 38.1 Å². The highest BCUT2D eigenvalue weighted by molar-refractivity contribution is 8.02. The zero-order valence-electron chi connectivity index (χ0n) is 25.5. The van der Waals surface area contributed by atoms with Crippen molar-refractivity contribution in [3.8, 4) is 17.0 Å². The summed E-state index contributed by atoms with van der Waals surface area (Å²) in [6.45, 7) is 7.59. The Morgan fingerprint density at radius 1 is 0.955 bits per heavy atom. The number of ether oxygens (including phenoxy) is 5. The largest absolute Gasteiger partial charge is 0.492 e. The number of aromatic nitrogens is 2. The van der Waals surface area contributed by atoms with E-state index >= 15 is 0 Å². The second kappa shape index (κ2) is 20.0.